The zero-order chi connectivity index (χ0) is 23.4. The highest BCUT2D eigenvalue weighted by Gasteiger charge is 2.34. The first-order chi connectivity index (χ1) is 15.8. The van der Waals surface area contributed by atoms with Gasteiger partial charge in [0.25, 0.3) is 5.91 Å². The van der Waals surface area contributed by atoms with E-state index in [-0.39, 0.29) is 16.9 Å². The summed E-state index contributed by atoms with van der Waals surface area (Å²) in [5, 5.41) is 8.21. The molecule has 0 unspecified atom stereocenters. The van der Waals surface area contributed by atoms with Crippen molar-refractivity contribution in [2.45, 2.75) is 12.6 Å². The van der Waals surface area contributed by atoms with Crippen molar-refractivity contribution < 1.29 is 27.1 Å². The van der Waals surface area contributed by atoms with Crippen LogP contribution < -0.4 is 16.0 Å². The second-order valence-electron chi connectivity index (χ2n) is 7.84. The quantitative estimate of drug-likeness (QED) is 0.322. The number of halogens is 4. The Morgan fingerprint density at radius 2 is 1.91 bits per heavy atom. The number of hydrogen-bond donors (Lipinski definition) is 3. The van der Waals surface area contributed by atoms with Crippen LogP contribution in [0.4, 0.5) is 34.6 Å². The number of anilines is 3. The fraction of sp³-hybridized carbons (Fsp3) is 0.348. The molecule has 1 fully saturated rings. The number of carbonyl (C=O) groups is 1. The van der Waals surface area contributed by atoms with E-state index in [0.717, 1.165) is 25.7 Å². The molecule has 2 heterocycles. The van der Waals surface area contributed by atoms with Gasteiger partial charge in [-0.25, -0.2) is 4.39 Å². The van der Waals surface area contributed by atoms with E-state index in [4.69, 9.17) is 4.74 Å². The number of amides is 1. The van der Waals surface area contributed by atoms with Crippen molar-refractivity contribution >= 4 is 28.5 Å². The minimum Gasteiger partial charge on any atom is -0.385 e. The van der Waals surface area contributed by atoms with Gasteiger partial charge >= 0.3 is 6.18 Å². The maximum Gasteiger partial charge on any atom is 0.418 e. The molecule has 0 atom stereocenters. The summed E-state index contributed by atoms with van der Waals surface area (Å²) in [6.45, 7) is 4.21. The molecule has 1 amide bonds. The molecule has 176 valence electrons. The lowest BCUT2D eigenvalue weighted by Gasteiger charge is -2.26. The van der Waals surface area contributed by atoms with E-state index >= 15 is 0 Å². The molecule has 4 rings (SSSR count). The summed E-state index contributed by atoms with van der Waals surface area (Å²) in [6, 6.07) is 7.70. The molecular formula is C23H24F4N4O2. The predicted molar refractivity (Wildman–Crippen MR) is 118 cm³/mol. The number of rotatable bonds is 7. The first-order valence-electron chi connectivity index (χ1n) is 10.6. The van der Waals surface area contributed by atoms with Gasteiger partial charge < -0.3 is 20.7 Å². The average molecular weight is 464 g/mol. The normalized spacial score (nSPS) is 17.7. The van der Waals surface area contributed by atoms with E-state index in [1.807, 2.05) is 0 Å². The Bertz CT molecular complexity index is 1050. The Morgan fingerprint density at radius 3 is 2.67 bits per heavy atom. The molecule has 2 aromatic carbocycles. The van der Waals surface area contributed by atoms with Crippen LogP contribution in [0, 0.1) is 5.82 Å². The van der Waals surface area contributed by atoms with Gasteiger partial charge in [-0.1, -0.05) is 0 Å². The fourth-order valence-corrected chi connectivity index (χ4v) is 3.83. The van der Waals surface area contributed by atoms with Crippen molar-refractivity contribution in [2.75, 3.05) is 55.3 Å². The van der Waals surface area contributed by atoms with Crippen LogP contribution in [0.3, 0.4) is 0 Å². The molecule has 10 heteroatoms. The third-order valence-electron chi connectivity index (χ3n) is 5.54. The van der Waals surface area contributed by atoms with E-state index in [0.29, 0.717) is 37.4 Å². The number of nitrogens with zero attached hydrogens (tertiary/aromatic N) is 1. The molecule has 3 N–H and O–H groups in total. The second-order valence-corrected chi connectivity index (χ2v) is 7.84. The van der Waals surface area contributed by atoms with Crippen LogP contribution in [-0.4, -0.2) is 50.2 Å². The van der Waals surface area contributed by atoms with Crippen molar-refractivity contribution in [1.82, 2.24) is 4.90 Å². The monoisotopic (exact) mass is 464 g/mol. The molecule has 0 radical (unpaired) electrons. The highest BCUT2D eigenvalue weighted by molar-refractivity contribution is 6.31. The number of alkyl halides is 3. The number of ether oxygens (including phenoxy) is 1. The second kappa shape index (κ2) is 9.80. The molecule has 6 nitrogen and oxygen atoms in total. The SMILES string of the molecule is O=C1Nc2ccc(F)cc2/C1=C/Nc1ccc(NCCCN2CCOCC2)c(C(F)(F)F)c1. The standard InChI is InChI=1S/C23H24F4N4O2/c24-15-2-4-20-17(12-15)18(22(32)30-20)14-29-16-3-5-21(19(13-16)23(25,26)27)28-6-1-7-31-8-10-33-11-9-31/h2-5,12-14,28-29H,1,6-11H2,(H,30,32)/b18-14-. The Hall–Kier alpha value is -3.11. The number of benzene rings is 2. The smallest absolute Gasteiger partial charge is 0.385 e. The van der Waals surface area contributed by atoms with Crippen molar-refractivity contribution in [1.29, 1.82) is 0 Å². The summed E-state index contributed by atoms with van der Waals surface area (Å²) >= 11 is 0. The van der Waals surface area contributed by atoms with Gasteiger partial charge in [0.15, 0.2) is 0 Å². The number of fused-ring (bicyclic) bond motifs is 1. The summed E-state index contributed by atoms with van der Waals surface area (Å²) < 4.78 is 59.8. The molecular weight excluding hydrogens is 440 g/mol. The van der Waals surface area contributed by atoms with Crippen LogP contribution in [0.5, 0.6) is 0 Å². The molecule has 2 aromatic rings. The number of carbonyl (C=O) groups excluding carboxylic acids is 1. The lowest BCUT2D eigenvalue weighted by atomic mass is 10.1. The number of morpholine rings is 1. The van der Waals surface area contributed by atoms with Gasteiger partial charge in [0.1, 0.15) is 5.82 Å². The van der Waals surface area contributed by atoms with Crippen LogP contribution >= 0.6 is 0 Å². The van der Waals surface area contributed by atoms with Crippen LogP contribution in [-0.2, 0) is 15.7 Å². The van der Waals surface area contributed by atoms with Gasteiger partial charge in [0.05, 0.1) is 24.4 Å². The van der Waals surface area contributed by atoms with Crippen LogP contribution in [0.1, 0.15) is 17.5 Å². The fourth-order valence-electron chi connectivity index (χ4n) is 3.83. The highest BCUT2D eigenvalue weighted by Crippen LogP contribution is 2.37. The molecule has 33 heavy (non-hydrogen) atoms. The van der Waals surface area contributed by atoms with Crippen molar-refractivity contribution in [3.05, 3.63) is 59.5 Å². The Labute approximate surface area is 188 Å². The Morgan fingerprint density at radius 1 is 1.12 bits per heavy atom. The Kier molecular flexibility index (Phi) is 6.85. The molecule has 2 aliphatic heterocycles. The number of nitrogens with one attached hydrogen (secondary N) is 3. The van der Waals surface area contributed by atoms with E-state index < -0.39 is 23.5 Å². The van der Waals surface area contributed by atoms with Gasteiger partial charge in [-0.2, -0.15) is 13.2 Å². The highest BCUT2D eigenvalue weighted by atomic mass is 19.4. The minimum absolute atomic E-state index is 0.00583. The van der Waals surface area contributed by atoms with E-state index in [1.165, 1.54) is 36.5 Å². The Balaban J connectivity index is 1.44. The van der Waals surface area contributed by atoms with Gasteiger partial charge in [-0.15, -0.1) is 0 Å². The summed E-state index contributed by atoms with van der Waals surface area (Å²) in [4.78, 5) is 14.4. The van der Waals surface area contributed by atoms with Crippen molar-refractivity contribution in [3.8, 4) is 0 Å². The molecule has 1 saturated heterocycles. The summed E-state index contributed by atoms with van der Waals surface area (Å²) in [5.41, 5.74) is 0.284. The predicted octanol–water partition coefficient (Wildman–Crippen LogP) is 4.38. The molecule has 0 bridgehead atoms. The summed E-state index contributed by atoms with van der Waals surface area (Å²) in [6.07, 6.45) is -2.57. The largest absolute Gasteiger partial charge is 0.418 e. The lowest BCUT2D eigenvalue weighted by molar-refractivity contribution is -0.136. The van der Waals surface area contributed by atoms with Crippen LogP contribution in [0.25, 0.3) is 5.57 Å². The summed E-state index contributed by atoms with van der Waals surface area (Å²) in [7, 11) is 0. The third-order valence-corrected chi connectivity index (χ3v) is 5.54. The van der Waals surface area contributed by atoms with E-state index in [1.54, 1.807) is 0 Å². The first kappa shape index (κ1) is 23.1. The van der Waals surface area contributed by atoms with Crippen LogP contribution in [0.15, 0.2) is 42.6 Å². The first-order valence-corrected chi connectivity index (χ1v) is 10.6. The zero-order valence-corrected chi connectivity index (χ0v) is 17.8. The molecule has 2 aliphatic rings. The zero-order valence-electron chi connectivity index (χ0n) is 17.8. The molecule has 0 saturated carbocycles. The van der Waals surface area contributed by atoms with E-state index in [2.05, 4.69) is 20.9 Å². The molecule has 0 aromatic heterocycles. The molecule has 0 spiro atoms. The minimum atomic E-state index is -4.56. The average Bonchev–Trinajstić information content (AvgIpc) is 3.10. The topological polar surface area (TPSA) is 65.6 Å². The van der Waals surface area contributed by atoms with Crippen molar-refractivity contribution in [2.24, 2.45) is 0 Å². The number of hydrogen-bond acceptors (Lipinski definition) is 5. The van der Waals surface area contributed by atoms with Gasteiger partial charge in [0.2, 0.25) is 0 Å². The van der Waals surface area contributed by atoms with Gasteiger partial charge in [0, 0.05) is 48.5 Å². The third kappa shape index (κ3) is 5.63. The lowest BCUT2D eigenvalue weighted by Crippen LogP contribution is -2.37. The molecule has 0 aliphatic carbocycles. The van der Waals surface area contributed by atoms with E-state index in [9.17, 15) is 22.4 Å². The maximum absolute atomic E-state index is 13.7. The van der Waals surface area contributed by atoms with Crippen LogP contribution in [0.2, 0.25) is 0 Å². The summed E-state index contributed by atoms with van der Waals surface area (Å²) in [5.74, 6) is -0.975. The maximum atomic E-state index is 13.7. The van der Waals surface area contributed by atoms with Gasteiger partial charge in [-0.3, -0.25) is 9.69 Å². The van der Waals surface area contributed by atoms with Crippen molar-refractivity contribution in [3.63, 3.8) is 0 Å². The van der Waals surface area contributed by atoms with Gasteiger partial charge in [-0.05, 0) is 49.4 Å².